The molecule has 0 aromatic carbocycles. The number of allylic oxidation sites excluding steroid dienone is 1. The van der Waals surface area contributed by atoms with Gasteiger partial charge in [-0.05, 0) is 18.1 Å². The summed E-state index contributed by atoms with van der Waals surface area (Å²) in [5.41, 5.74) is 2.91. The molecule has 0 spiro atoms. The molecule has 0 atom stereocenters. The third kappa shape index (κ3) is 1.93. The Morgan fingerprint density at radius 1 is 1.43 bits per heavy atom. The number of pyridine rings is 1. The average Bonchev–Trinajstić information content (AvgIpc) is 2.65. The number of aromatic nitrogens is 3. The highest BCUT2D eigenvalue weighted by molar-refractivity contribution is 6.17. The van der Waals surface area contributed by atoms with Gasteiger partial charge in [-0.2, -0.15) is 5.10 Å². The molecule has 3 nitrogen and oxygen atoms in total. The van der Waals surface area contributed by atoms with Crippen LogP contribution < -0.4 is 0 Å². The third-order valence-corrected chi connectivity index (χ3v) is 2.12. The molecule has 4 heteroatoms. The average molecular weight is 208 g/mol. The van der Waals surface area contributed by atoms with E-state index in [-0.39, 0.29) is 0 Å². The van der Waals surface area contributed by atoms with Crippen LogP contribution in [0.4, 0.5) is 0 Å². The number of nitrogens with one attached hydrogen (secondary N) is 1. The van der Waals surface area contributed by atoms with Crippen LogP contribution in [0.1, 0.15) is 12.0 Å². The molecular formula is C10H10ClN3. The van der Waals surface area contributed by atoms with Gasteiger partial charge in [-0.25, -0.2) is 0 Å². The van der Waals surface area contributed by atoms with Gasteiger partial charge in [0.2, 0.25) is 0 Å². The lowest BCUT2D eigenvalue weighted by Crippen LogP contribution is -1.78. The van der Waals surface area contributed by atoms with E-state index in [4.69, 9.17) is 11.6 Å². The molecule has 72 valence electrons. The quantitative estimate of drug-likeness (QED) is 0.787. The second kappa shape index (κ2) is 4.24. The number of fused-ring (bicyclic) bond motifs is 1. The Hall–Kier alpha value is -1.35. The molecule has 2 heterocycles. The first-order valence-electron chi connectivity index (χ1n) is 4.42. The number of aromatic amines is 1. The lowest BCUT2D eigenvalue weighted by molar-refractivity contribution is 1.12. The monoisotopic (exact) mass is 207 g/mol. The van der Waals surface area contributed by atoms with Crippen molar-refractivity contribution < 1.29 is 0 Å². The molecule has 14 heavy (non-hydrogen) atoms. The van der Waals surface area contributed by atoms with E-state index < -0.39 is 0 Å². The predicted molar refractivity (Wildman–Crippen MR) is 58.3 cm³/mol. The fraction of sp³-hybridized carbons (Fsp3) is 0.200. The maximum atomic E-state index is 5.56. The molecule has 2 rings (SSSR count). The van der Waals surface area contributed by atoms with Gasteiger partial charge in [0.25, 0.3) is 0 Å². The van der Waals surface area contributed by atoms with Crippen LogP contribution in [-0.2, 0) is 0 Å². The number of hydrogen-bond acceptors (Lipinski definition) is 2. The van der Waals surface area contributed by atoms with Gasteiger partial charge in [-0.1, -0.05) is 12.2 Å². The minimum Gasteiger partial charge on any atom is -0.276 e. The zero-order valence-corrected chi connectivity index (χ0v) is 8.33. The summed E-state index contributed by atoms with van der Waals surface area (Å²) >= 11 is 5.56. The summed E-state index contributed by atoms with van der Waals surface area (Å²) in [7, 11) is 0. The van der Waals surface area contributed by atoms with Crippen LogP contribution in [0.3, 0.4) is 0 Å². The molecule has 0 aliphatic rings. The number of hydrogen-bond donors (Lipinski definition) is 1. The van der Waals surface area contributed by atoms with Crippen LogP contribution in [0.5, 0.6) is 0 Å². The molecule has 0 unspecified atom stereocenters. The van der Waals surface area contributed by atoms with Crippen LogP contribution in [0.2, 0.25) is 0 Å². The molecule has 0 aliphatic heterocycles. The molecule has 0 saturated heterocycles. The lowest BCUT2D eigenvalue weighted by atomic mass is 10.2. The van der Waals surface area contributed by atoms with Crippen molar-refractivity contribution in [1.29, 1.82) is 0 Å². The maximum absolute atomic E-state index is 5.56. The zero-order valence-electron chi connectivity index (χ0n) is 7.57. The van der Waals surface area contributed by atoms with E-state index in [0.29, 0.717) is 5.88 Å². The summed E-state index contributed by atoms with van der Waals surface area (Å²) in [6, 6.07) is 2.01. The van der Waals surface area contributed by atoms with Gasteiger partial charge in [0.15, 0.2) is 0 Å². The van der Waals surface area contributed by atoms with Gasteiger partial charge < -0.3 is 0 Å². The highest BCUT2D eigenvalue weighted by Gasteiger charge is 1.95. The van der Waals surface area contributed by atoms with Crippen molar-refractivity contribution in [3.63, 3.8) is 0 Å². The Balaban J connectivity index is 2.25. The molecule has 0 radical (unpaired) electrons. The molecule has 2 aromatic heterocycles. The first kappa shape index (κ1) is 9.21. The SMILES string of the molecule is ClCCC=Cc1cnc2cn[nH]c2c1. The number of H-pyrrole nitrogens is 1. The summed E-state index contributed by atoms with van der Waals surface area (Å²) in [5, 5.41) is 6.78. The van der Waals surface area contributed by atoms with E-state index in [9.17, 15) is 0 Å². The van der Waals surface area contributed by atoms with Crippen molar-refractivity contribution in [1.82, 2.24) is 15.2 Å². The molecule has 0 amide bonds. The van der Waals surface area contributed by atoms with E-state index in [2.05, 4.69) is 15.2 Å². The van der Waals surface area contributed by atoms with E-state index in [1.807, 2.05) is 24.4 Å². The second-order valence-electron chi connectivity index (χ2n) is 2.95. The van der Waals surface area contributed by atoms with Crippen LogP contribution in [0.25, 0.3) is 17.1 Å². The van der Waals surface area contributed by atoms with Gasteiger partial charge in [-0.3, -0.25) is 10.1 Å². The lowest BCUT2D eigenvalue weighted by Gasteiger charge is -1.92. The van der Waals surface area contributed by atoms with Crippen molar-refractivity contribution in [2.75, 3.05) is 5.88 Å². The molecule has 2 aromatic rings. The van der Waals surface area contributed by atoms with Crippen molar-refractivity contribution in [3.8, 4) is 0 Å². The Labute approximate surface area is 86.8 Å². The molecule has 0 fully saturated rings. The fourth-order valence-electron chi connectivity index (χ4n) is 1.22. The number of halogens is 1. The van der Waals surface area contributed by atoms with Gasteiger partial charge in [0.1, 0.15) is 5.52 Å². The molecule has 1 N–H and O–H groups in total. The molecule has 0 bridgehead atoms. The van der Waals surface area contributed by atoms with E-state index in [1.165, 1.54) is 0 Å². The Morgan fingerprint density at radius 2 is 2.36 bits per heavy atom. The van der Waals surface area contributed by atoms with E-state index in [1.54, 1.807) is 6.20 Å². The van der Waals surface area contributed by atoms with E-state index in [0.717, 1.165) is 23.0 Å². The third-order valence-electron chi connectivity index (χ3n) is 1.90. The molecule has 0 aliphatic carbocycles. The van der Waals surface area contributed by atoms with Gasteiger partial charge in [0, 0.05) is 12.1 Å². The van der Waals surface area contributed by atoms with Gasteiger partial charge >= 0.3 is 0 Å². The molecular weight excluding hydrogens is 198 g/mol. The van der Waals surface area contributed by atoms with Crippen molar-refractivity contribution in [2.24, 2.45) is 0 Å². The highest BCUT2D eigenvalue weighted by Crippen LogP contribution is 2.10. The Morgan fingerprint density at radius 3 is 3.21 bits per heavy atom. The number of alkyl halides is 1. The standard InChI is InChI=1S/C10H10ClN3/c11-4-2-1-3-8-5-9-10(12-6-8)7-13-14-9/h1,3,5-7H,2,4H2,(H,13,14). The second-order valence-corrected chi connectivity index (χ2v) is 3.33. The number of rotatable bonds is 3. The molecule has 0 saturated carbocycles. The van der Waals surface area contributed by atoms with Crippen LogP contribution in [-0.4, -0.2) is 21.1 Å². The Kier molecular flexibility index (Phi) is 2.79. The summed E-state index contributed by atoms with van der Waals surface area (Å²) in [6.07, 6.45) is 8.45. The smallest absolute Gasteiger partial charge is 0.108 e. The van der Waals surface area contributed by atoms with Crippen molar-refractivity contribution in [2.45, 2.75) is 6.42 Å². The Bertz CT molecular complexity index is 447. The summed E-state index contributed by atoms with van der Waals surface area (Å²) in [6.45, 7) is 0. The summed E-state index contributed by atoms with van der Waals surface area (Å²) in [4.78, 5) is 4.24. The fourth-order valence-corrected chi connectivity index (χ4v) is 1.35. The zero-order chi connectivity index (χ0) is 9.80. The van der Waals surface area contributed by atoms with Crippen LogP contribution >= 0.6 is 11.6 Å². The topological polar surface area (TPSA) is 41.6 Å². The number of nitrogens with zero attached hydrogens (tertiary/aromatic N) is 2. The summed E-state index contributed by atoms with van der Waals surface area (Å²) in [5.74, 6) is 0.649. The highest BCUT2D eigenvalue weighted by atomic mass is 35.5. The first-order valence-corrected chi connectivity index (χ1v) is 4.95. The van der Waals surface area contributed by atoms with Crippen LogP contribution in [0.15, 0.2) is 24.5 Å². The normalized spacial score (nSPS) is 11.5. The maximum Gasteiger partial charge on any atom is 0.108 e. The largest absolute Gasteiger partial charge is 0.276 e. The van der Waals surface area contributed by atoms with Crippen molar-refractivity contribution >= 4 is 28.7 Å². The van der Waals surface area contributed by atoms with Gasteiger partial charge in [0.05, 0.1) is 11.7 Å². The van der Waals surface area contributed by atoms with E-state index >= 15 is 0 Å². The summed E-state index contributed by atoms with van der Waals surface area (Å²) < 4.78 is 0. The van der Waals surface area contributed by atoms with Crippen LogP contribution in [0, 0.1) is 0 Å². The first-order chi connectivity index (χ1) is 6.90. The minimum absolute atomic E-state index is 0.649. The van der Waals surface area contributed by atoms with Crippen molar-refractivity contribution in [3.05, 3.63) is 30.1 Å². The van der Waals surface area contributed by atoms with Gasteiger partial charge in [-0.15, -0.1) is 11.6 Å². The minimum atomic E-state index is 0.649. The predicted octanol–water partition coefficient (Wildman–Crippen LogP) is 2.60.